The van der Waals surface area contributed by atoms with Gasteiger partial charge in [-0.15, -0.1) is 0 Å². The van der Waals surface area contributed by atoms with Gasteiger partial charge < -0.3 is 10.6 Å². The molecule has 1 aromatic carbocycles. The van der Waals surface area contributed by atoms with E-state index >= 15 is 0 Å². The Labute approximate surface area is 125 Å². The van der Waals surface area contributed by atoms with Gasteiger partial charge in [-0.1, -0.05) is 4.89 Å². The Kier molecular flexibility index (Phi) is 5.54. The van der Waals surface area contributed by atoms with Crippen LogP contribution in [-0.4, -0.2) is 64.6 Å². The number of nitrogens with one attached hydrogen (secondary N) is 1. The van der Waals surface area contributed by atoms with Crippen molar-refractivity contribution >= 4 is 15.7 Å². The maximum absolute atomic E-state index is 11.9. The average molecular weight is 314 g/mol. The summed E-state index contributed by atoms with van der Waals surface area (Å²) < 4.78 is 23.9. The largest absolute Gasteiger partial charge is 0.399 e. The molecule has 0 bridgehead atoms. The zero-order valence-corrected chi connectivity index (χ0v) is 13.0. The van der Waals surface area contributed by atoms with E-state index in [0.29, 0.717) is 18.8 Å². The number of likely N-dealkylation sites (N-methyl/N-ethyl adjacent to an activating group) is 1. The number of nitrogens with two attached hydrogens (primary N) is 1. The van der Waals surface area contributed by atoms with Crippen molar-refractivity contribution in [3.8, 4) is 0 Å². The topological polar surface area (TPSA) is 87.9 Å². The van der Waals surface area contributed by atoms with Gasteiger partial charge in [-0.05, 0) is 31.3 Å². The van der Waals surface area contributed by atoms with E-state index in [-0.39, 0.29) is 4.90 Å². The minimum atomic E-state index is -3.64. The van der Waals surface area contributed by atoms with Crippen molar-refractivity contribution in [1.29, 1.82) is 0 Å². The zero-order chi connectivity index (χ0) is 15.3. The molecule has 7 nitrogen and oxygen atoms in total. The predicted molar refractivity (Wildman–Crippen MR) is 81.1 cm³/mol. The molecule has 0 aromatic heterocycles. The molecule has 0 amide bonds. The first kappa shape index (κ1) is 16.2. The number of piperazine rings is 1. The highest BCUT2D eigenvalue weighted by Crippen LogP contribution is 2.11. The van der Waals surface area contributed by atoms with Crippen LogP contribution < -0.4 is 10.6 Å². The summed E-state index contributed by atoms with van der Waals surface area (Å²) in [4.78, 5) is 11.9. The highest BCUT2D eigenvalue weighted by atomic mass is 32.2. The Balaban J connectivity index is 1.73. The van der Waals surface area contributed by atoms with Crippen LogP contribution >= 0.6 is 0 Å². The van der Waals surface area contributed by atoms with Crippen LogP contribution in [0, 0.1) is 0 Å². The summed E-state index contributed by atoms with van der Waals surface area (Å²) in [5.74, 6) is 0. The Morgan fingerprint density at radius 2 is 1.81 bits per heavy atom. The van der Waals surface area contributed by atoms with Crippen LogP contribution in [0.4, 0.5) is 5.69 Å². The fourth-order valence-electron chi connectivity index (χ4n) is 2.06. The van der Waals surface area contributed by atoms with E-state index in [1.54, 1.807) is 12.1 Å². The van der Waals surface area contributed by atoms with Crippen molar-refractivity contribution in [2.24, 2.45) is 0 Å². The number of anilines is 1. The van der Waals surface area contributed by atoms with Crippen molar-refractivity contribution in [3.05, 3.63) is 24.3 Å². The highest BCUT2D eigenvalue weighted by Gasteiger charge is 2.15. The number of benzene rings is 1. The fraction of sp³-hybridized carbons (Fsp3) is 0.538. The van der Waals surface area contributed by atoms with Gasteiger partial charge in [0.05, 0.1) is 11.5 Å². The molecular formula is C13H22N4O3S. The van der Waals surface area contributed by atoms with Crippen LogP contribution in [0.5, 0.6) is 0 Å². The van der Waals surface area contributed by atoms with Gasteiger partial charge in [0.2, 0.25) is 0 Å². The van der Waals surface area contributed by atoms with Crippen LogP contribution in [0.3, 0.4) is 0 Å². The zero-order valence-electron chi connectivity index (χ0n) is 12.2. The summed E-state index contributed by atoms with van der Waals surface area (Å²) in [7, 11) is -1.55. The Bertz CT molecular complexity index is 539. The molecule has 0 aliphatic carbocycles. The quantitative estimate of drug-likeness (QED) is 0.427. The molecule has 3 N–H and O–H groups in total. The van der Waals surface area contributed by atoms with Crippen LogP contribution in [0.25, 0.3) is 0 Å². The third-order valence-electron chi connectivity index (χ3n) is 3.46. The van der Waals surface area contributed by atoms with Gasteiger partial charge in [-0.3, -0.25) is 9.74 Å². The number of hydrogen-bond acceptors (Lipinski definition) is 6. The van der Waals surface area contributed by atoms with Gasteiger partial charge in [0.25, 0.3) is 10.0 Å². The van der Waals surface area contributed by atoms with Crippen molar-refractivity contribution in [1.82, 2.24) is 14.7 Å². The average Bonchev–Trinajstić information content (AvgIpc) is 2.46. The van der Waals surface area contributed by atoms with Crippen LogP contribution in [0.15, 0.2) is 29.2 Å². The van der Waals surface area contributed by atoms with E-state index in [1.165, 1.54) is 12.1 Å². The molecule has 1 fully saturated rings. The Morgan fingerprint density at radius 1 is 1.19 bits per heavy atom. The highest BCUT2D eigenvalue weighted by molar-refractivity contribution is 7.89. The van der Waals surface area contributed by atoms with Gasteiger partial charge >= 0.3 is 0 Å². The Morgan fingerprint density at radius 3 is 2.43 bits per heavy atom. The third kappa shape index (κ3) is 4.94. The molecule has 0 spiro atoms. The van der Waals surface area contributed by atoms with Gasteiger partial charge in [0, 0.05) is 38.4 Å². The maximum atomic E-state index is 11.9. The first-order chi connectivity index (χ1) is 9.97. The summed E-state index contributed by atoms with van der Waals surface area (Å²) in [5, 5.41) is 0. The molecule has 0 saturated carbocycles. The molecule has 1 heterocycles. The molecule has 2 rings (SSSR count). The van der Waals surface area contributed by atoms with E-state index in [9.17, 15) is 8.42 Å². The number of nitrogens with zero attached hydrogens (tertiary/aromatic N) is 2. The molecular weight excluding hydrogens is 292 g/mol. The van der Waals surface area contributed by atoms with E-state index in [4.69, 9.17) is 10.6 Å². The van der Waals surface area contributed by atoms with Crippen molar-refractivity contribution in [3.63, 3.8) is 0 Å². The van der Waals surface area contributed by atoms with Gasteiger partial charge in [-0.2, -0.15) is 0 Å². The summed E-state index contributed by atoms with van der Waals surface area (Å²) >= 11 is 0. The normalized spacial score (nSPS) is 18.0. The molecule has 1 aromatic rings. The molecule has 0 atom stereocenters. The maximum Gasteiger partial charge on any atom is 0.262 e. The minimum Gasteiger partial charge on any atom is -0.399 e. The lowest BCUT2D eigenvalue weighted by Gasteiger charge is -2.32. The lowest BCUT2D eigenvalue weighted by molar-refractivity contribution is 0.0567. The molecule has 21 heavy (non-hydrogen) atoms. The first-order valence-corrected chi connectivity index (χ1v) is 8.36. The van der Waals surface area contributed by atoms with Gasteiger partial charge in [-0.25, -0.2) is 8.42 Å². The van der Waals surface area contributed by atoms with E-state index in [2.05, 4.69) is 21.7 Å². The smallest absolute Gasteiger partial charge is 0.262 e. The summed E-state index contributed by atoms with van der Waals surface area (Å²) in [6.07, 6.45) is 0. The minimum absolute atomic E-state index is 0.135. The number of hydrogen-bond donors (Lipinski definition) is 2. The van der Waals surface area contributed by atoms with Gasteiger partial charge in [0.15, 0.2) is 0 Å². The molecule has 0 radical (unpaired) electrons. The van der Waals surface area contributed by atoms with E-state index in [1.807, 2.05) is 0 Å². The van der Waals surface area contributed by atoms with Crippen LogP contribution in [-0.2, 0) is 14.9 Å². The summed E-state index contributed by atoms with van der Waals surface area (Å²) in [6.45, 7) is 5.03. The SMILES string of the molecule is CN1CCN(CCONS(=O)(=O)c2ccc(N)cc2)CC1. The van der Waals surface area contributed by atoms with E-state index < -0.39 is 10.0 Å². The monoisotopic (exact) mass is 314 g/mol. The Hall–Kier alpha value is -1.19. The second kappa shape index (κ2) is 7.19. The summed E-state index contributed by atoms with van der Waals surface area (Å²) in [6, 6.07) is 5.97. The van der Waals surface area contributed by atoms with E-state index in [0.717, 1.165) is 26.2 Å². The lowest BCUT2D eigenvalue weighted by atomic mass is 10.3. The fourth-order valence-corrected chi connectivity index (χ4v) is 2.89. The molecule has 8 heteroatoms. The predicted octanol–water partition coefficient (Wildman–Crippen LogP) is -0.274. The summed E-state index contributed by atoms with van der Waals surface area (Å²) in [5.41, 5.74) is 6.05. The standard InChI is InChI=1S/C13H22N4O3S/c1-16-6-8-17(9-7-16)10-11-20-15-21(18,19)13-4-2-12(14)3-5-13/h2-5,15H,6-11,14H2,1H3. The molecule has 0 unspecified atom stereocenters. The second-order valence-corrected chi connectivity index (χ2v) is 6.79. The molecule has 118 valence electrons. The molecule has 1 aliphatic heterocycles. The van der Waals surface area contributed by atoms with Crippen LogP contribution in [0.2, 0.25) is 0 Å². The molecule has 1 saturated heterocycles. The van der Waals surface area contributed by atoms with Crippen molar-refractivity contribution in [2.45, 2.75) is 4.90 Å². The first-order valence-electron chi connectivity index (χ1n) is 6.87. The number of sulfonamides is 1. The second-order valence-electron chi connectivity index (χ2n) is 5.15. The van der Waals surface area contributed by atoms with Gasteiger partial charge in [0.1, 0.15) is 0 Å². The van der Waals surface area contributed by atoms with Crippen molar-refractivity contribution < 1.29 is 13.3 Å². The van der Waals surface area contributed by atoms with Crippen molar-refractivity contribution in [2.75, 3.05) is 52.1 Å². The molecule has 1 aliphatic rings. The van der Waals surface area contributed by atoms with Crippen LogP contribution in [0.1, 0.15) is 0 Å². The number of nitrogen functional groups attached to an aromatic ring is 1. The third-order valence-corrected chi connectivity index (χ3v) is 4.69. The lowest BCUT2D eigenvalue weighted by Crippen LogP contribution is -2.45. The number of rotatable bonds is 6.